The highest BCUT2D eigenvalue weighted by molar-refractivity contribution is 6.41. The Hall–Kier alpha value is -1.31. The Morgan fingerprint density at radius 1 is 1.27 bits per heavy atom. The van der Waals surface area contributed by atoms with E-state index in [1.807, 2.05) is 6.07 Å². The van der Waals surface area contributed by atoms with Gasteiger partial charge < -0.3 is 14.7 Å². The Morgan fingerprint density at radius 2 is 2.08 bits per heavy atom. The van der Waals surface area contributed by atoms with E-state index in [4.69, 9.17) is 44.6 Å². The Morgan fingerprint density at radius 3 is 2.81 bits per heavy atom. The molecule has 0 radical (unpaired) electrons. The van der Waals surface area contributed by atoms with Crippen molar-refractivity contribution < 1.29 is 9.84 Å². The smallest absolute Gasteiger partial charge is 0.291 e. The summed E-state index contributed by atoms with van der Waals surface area (Å²) in [5, 5.41) is 13.5. The molecule has 0 bridgehead atoms. The van der Waals surface area contributed by atoms with Crippen molar-refractivity contribution in [2.75, 3.05) is 31.2 Å². The first kappa shape index (κ1) is 19.5. The van der Waals surface area contributed by atoms with Crippen LogP contribution in [0.5, 0.6) is 0 Å². The molecule has 1 saturated heterocycles. The summed E-state index contributed by atoms with van der Waals surface area (Å²) in [5.41, 5.74) is 0.867. The number of aromatic nitrogens is 2. The molecule has 140 valence electrons. The van der Waals surface area contributed by atoms with Crippen molar-refractivity contribution in [1.29, 1.82) is 0 Å². The van der Waals surface area contributed by atoms with E-state index in [0.29, 0.717) is 23.9 Å². The average Bonchev–Trinajstić information content (AvgIpc) is 2.65. The highest BCUT2D eigenvalue weighted by Gasteiger charge is 2.22. The summed E-state index contributed by atoms with van der Waals surface area (Å²) in [5.74, 6) is 0. The molecule has 9 heteroatoms. The molecule has 1 N–H and O–H groups in total. The van der Waals surface area contributed by atoms with Gasteiger partial charge in [-0.25, -0.2) is 0 Å². The lowest BCUT2D eigenvalue weighted by molar-refractivity contribution is 0.0214. The fourth-order valence-corrected chi connectivity index (χ4v) is 3.54. The number of rotatable bonds is 5. The van der Waals surface area contributed by atoms with Crippen LogP contribution in [-0.4, -0.2) is 47.3 Å². The summed E-state index contributed by atoms with van der Waals surface area (Å²) >= 11 is 18.2. The van der Waals surface area contributed by atoms with Gasteiger partial charge in [-0.15, -0.1) is 0 Å². The third-order valence-electron chi connectivity index (χ3n) is 4.22. The first-order valence-electron chi connectivity index (χ1n) is 8.22. The average molecular weight is 419 g/mol. The van der Waals surface area contributed by atoms with E-state index in [1.165, 1.54) is 6.20 Å². The molecule has 1 atom stereocenters. The number of piperidine rings is 1. The van der Waals surface area contributed by atoms with E-state index >= 15 is 0 Å². The molecule has 6 nitrogen and oxygen atoms in total. The van der Waals surface area contributed by atoms with Crippen LogP contribution in [0.15, 0.2) is 29.2 Å². The maximum atomic E-state index is 12.2. The van der Waals surface area contributed by atoms with Crippen LogP contribution < -0.4 is 10.5 Å². The minimum absolute atomic E-state index is 0.0113. The van der Waals surface area contributed by atoms with Crippen molar-refractivity contribution in [3.63, 3.8) is 0 Å². The van der Waals surface area contributed by atoms with E-state index in [0.717, 1.165) is 29.8 Å². The van der Waals surface area contributed by atoms with E-state index in [1.54, 1.807) is 12.1 Å². The van der Waals surface area contributed by atoms with Crippen molar-refractivity contribution in [3.05, 3.63) is 49.8 Å². The molecule has 0 amide bonds. The van der Waals surface area contributed by atoms with E-state index < -0.39 is 5.56 Å². The van der Waals surface area contributed by atoms with Crippen LogP contribution in [0.25, 0.3) is 5.69 Å². The molecule has 26 heavy (non-hydrogen) atoms. The molecule has 1 fully saturated rings. The maximum Gasteiger partial charge on any atom is 0.291 e. The largest absolute Gasteiger partial charge is 0.394 e. The predicted octanol–water partition coefficient (Wildman–Crippen LogP) is 3.17. The van der Waals surface area contributed by atoms with Crippen molar-refractivity contribution in [2.24, 2.45) is 0 Å². The zero-order chi connectivity index (χ0) is 18.7. The minimum Gasteiger partial charge on any atom is -0.394 e. The quantitative estimate of drug-likeness (QED) is 0.808. The molecule has 0 saturated carbocycles. The van der Waals surface area contributed by atoms with Crippen molar-refractivity contribution >= 4 is 40.5 Å². The predicted molar refractivity (Wildman–Crippen MR) is 103 cm³/mol. The lowest BCUT2D eigenvalue weighted by Crippen LogP contribution is -2.40. The lowest BCUT2D eigenvalue weighted by Gasteiger charge is -2.34. The third-order valence-corrected chi connectivity index (χ3v) is 5.27. The molecular weight excluding hydrogens is 401 g/mol. The number of benzene rings is 1. The number of aliphatic hydroxyl groups excluding tert-OH is 1. The van der Waals surface area contributed by atoms with Gasteiger partial charge in [-0.3, -0.25) is 4.79 Å². The Balaban J connectivity index is 1.84. The maximum absolute atomic E-state index is 12.2. The Kier molecular flexibility index (Phi) is 6.42. The van der Waals surface area contributed by atoms with Crippen LogP contribution in [0.4, 0.5) is 5.69 Å². The molecule has 0 aliphatic carbocycles. The second-order valence-electron chi connectivity index (χ2n) is 5.96. The first-order chi connectivity index (χ1) is 12.5. The summed E-state index contributed by atoms with van der Waals surface area (Å²) < 4.78 is 6.80. The monoisotopic (exact) mass is 417 g/mol. The normalized spacial score (nSPS) is 17.5. The van der Waals surface area contributed by atoms with Crippen LogP contribution in [0.2, 0.25) is 15.1 Å². The topological polar surface area (TPSA) is 67.6 Å². The zero-order valence-electron chi connectivity index (χ0n) is 13.9. The van der Waals surface area contributed by atoms with Crippen molar-refractivity contribution in [3.8, 4) is 5.69 Å². The van der Waals surface area contributed by atoms with E-state index in [-0.39, 0.29) is 22.8 Å². The van der Waals surface area contributed by atoms with Gasteiger partial charge in [0.05, 0.1) is 46.9 Å². The van der Waals surface area contributed by atoms with Gasteiger partial charge in [-0.2, -0.15) is 9.78 Å². The summed E-state index contributed by atoms with van der Waals surface area (Å²) in [7, 11) is 0. The molecule has 3 rings (SSSR count). The van der Waals surface area contributed by atoms with Gasteiger partial charge in [-0.1, -0.05) is 34.8 Å². The van der Waals surface area contributed by atoms with Crippen LogP contribution in [0, 0.1) is 0 Å². The van der Waals surface area contributed by atoms with Gasteiger partial charge in [0.15, 0.2) is 0 Å². The number of nitrogens with zero attached hydrogens (tertiary/aromatic N) is 3. The van der Waals surface area contributed by atoms with Crippen molar-refractivity contribution in [2.45, 2.75) is 18.9 Å². The SMILES string of the molecule is O=c1c(Cl)c(Cl)cnn1-c1ccc(N2CCCC(OCCO)C2)c(Cl)c1. The highest BCUT2D eigenvalue weighted by atomic mass is 35.5. The Labute approximate surface area is 165 Å². The molecule has 1 unspecified atom stereocenters. The lowest BCUT2D eigenvalue weighted by atomic mass is 10.1. The highest BCUT2D eigenvalue weighted by Crippen LogP contribution is 2.30. The summed E-state index contributed by atoms with van der Waals surface area (Å²) in [4.78, 5) is 14.4. The summed E-state index contributed by atoms with van der Waals surface area (Å²) in [6.45, 7) is 1.90. The zero-order valence-corrected chi connectivity index (χ0v) is 16.1. The number of halogens is 3. The molecule has 1 aromatic carbocycles. The first-order valence-corrected chi connectivity index (χ1v) is 9.35. The van der Waals surface area contributed by atoms with Crippen LogP contribution in [-0.2, 0) is 4.74 Å². The molecule has 1 aliphatic heterocycles. The molecule has 1 aromatic heterocycles. The number of aliphatic hydroxyl groups is 1. The fourth-order valence-electron chi connectivity index (χ4n) is 2.99. The standard InChI is InChI=1S/C17H18Cl3N3O3/c18-13-8-11(23-17(25)16(20)14(19)9-21-23)3-4-15(13)22-5-1-2-12(10-22)26-7-6-24/h3-4,8-9,12,24H,1-2,5-7,10H2. The third kappa shape index (κ3) is 4.15. The number of anilines is 1. The van der Waals surface area contributed by atoms with Gasteiger partial charge >= 0.3 is 0 Å². The molecule has 1 aliphatic rings. The summed E-state index contributed by atoms with van der Waals surface area (Å²) in [6, 6.07) is 5.29. The Bertz CT molecular complexity index is 844. The van der Waals surface area contributed by atoms with Gasteiger partial charge in [-0.05, 0) is 31.0 Å². The van der Waals surface area contributed by atoms with Gasteiger partial charge in [0.1, 0.15) is 5.02 Å². The fraction of sp³-hybridized carbons (Fsp3) is 0.412. The number of hydrogen-bond donors (Lipinski definition) is 1. The number of hydrogen-bond acceptors (Lipinski definition) is 5. The minimum atomic E-state index is -0.501. The van der Waals surface area contributed by atoms with E-state index in [9.17, 15) is 4.79 Å². The second-order valence-corrected chi connectivity index (χ2v) is 7.16. The molecular formula is C17H18Cl3N3O3. The van der Waals surface area contributed by atoms with Crippen LogP contribution >= 0.6 is 34.8 Å². The molecule has 2 aromatic rings. The summed E-state index contributed by atoms with van der Waals surface area (Å²) in [6.07, 6.45) is 3.31. The van der Waals surface area contributed by atoms with Gasteiger partial charge in [0.2, 0.25) is 0 Å². The number of ether oxygens (including phenoxy) is 1. The van der Waals surface area contributed by atoms with Gasteiger partial charge in [0.25, 0.3) is 5.56 Å². The van der Waals surface area contributed by atoms with Crippen molar-refractivity contribution in [1.82, 2.24) is 9.78 Å². The van der Waals surface area contributed by atoms with Crippen LogP contribution in [0.1, 0.15) is 12.8 Å². The second kappa shape index (κ2) is 8.59. The molecule has 2 heterocycles. The molecule has 0 spiro atoms. The van der Waals surface area contributed by atoms with E-state index in [2.05, 4.69) is 10.00 Å². The van der Waals surface area contributed by atoms with Crippen LogP contribution in [0.3, 0.4) is 0 Å². The van der Waals surface area contributed by atoms with Gasteiger partial charge in [0, 0.05) is 13.1 Å².